The maximum atomic E-state index is 12.1. The van der Waals surface area contributed by atoms with Crippen molar-refractivity contribution in [1.82, 2.24) is 4.98 Å². The van der Waals surface area contributed by atoms with Crippen molar-refractivity contribution in [2.75, 3.05) is 23.4 Å². The van der Waals surface area contributed by atoms with Gasteiger partial charge in [0.1, 0.15) is 10.7 Å². The van der Waals surface area contributed by atoms with Crippen LogP contribution in [0.5, 0.6) is 0 Å². The van der Waals surface area contributed by atoms with Gasteiger partial charge < -0.3 is 16.4 Å². The number of rotatable bonds is 3. The third-order valence-corrected chi connectivity index (χ3v) is 4.55. The number of anilines is 3. The van der Waals surface area contributed by atoms with E-state index in [0.29, 0.717) is 25.2 Å². The zero-order valence-electron chi connectivity index (χ0n) is 9.83. The quantitative estimate of drug-likeness (QED) is 0.782. The molecule has 0 saturated carbocycles. The van der Waals surface area contributed by atoms with Crippen molar-refractivity contribution in [3.05, 3.63) is 32.6 Å². The Balaban J connectivity index is 2.20. The second kappa shape index (κ2) is 5.77. The maximum absolute atomic E-state index is 12.1. The van der Waals surface area contributed by atoms with Crippen LogP contribution in [0.1, 0.15) is 9.67 Å². The number of benzene rings is 1. The number of carbonyl (C=O) groups excluding carboxylic acids is 1. The van der Waals surface area contributed by atoms with Crippen molar-refractivity contribution in [2.45, 2.75) is 0 Å². The number of halogens is 2. The van der Waals surface area contributed by atoms with Crippen LogP contribution >= 0.6 is 38.9 Å². The van der Waals surface area contributed by atoms with E-state index in [1.54, 1.807) is 25.2 Å². The molecule has 5 nitrogen and oxygen atoms in total. The fourth-order valence-electron chi connectivity index (χ4n) is 1.36. The minimum atomic E-state index is -0.300. The van der Waals surface area contributed by atoms with Crippen LogP contribution in [0, 0.1) is 0 Å². The second-order valence-electron chi connectivity index (χ2n) is 3.57. The molecule has 0 aliphatic carbocycles. The summed E-state index contributed by atoms with van der Waals surface area (Å²) < 4.78 is 0.708. The number of aromatic nitrogens is 1. The fourth-order valence-corrected chi connectivity index (χ4v) is 2.59. The van der Waals surface area contributed by atoms with E-state index in [2.05, 4.69) is 31.5 Å². The van der Waals surface area contributed by atoms with Crippen molar-refractivity contribution in [3.63, 3.8) is 0 Å². The average Bonchev–Trinajstić information content (AvgIpc) is 2.75. The Hall–Kier alpha value is -1.31. The lowest BCUT2D eigenvalue weighted by Gasteiger charge is -2.05. The Labute approximate surface area is 127 Å². The molecule has 0 saturated heterocycles. The van der Waals surface area contributed by atoms with Crippen molar-refractivity contribution in [1.29, 1.82) is 0 Å². The summed E-state index contributed by atoms with van der Waals surface area (Å²) in [5, 5.41) is 6.76. The maximum Gasteiger partial charge on any atom is 0.269 e. The standard InChI is InChI=1S/C11H10BrClN4OS/c1-15-11-17-9(14)8(19-11)10(18)16-5-2-3-7(13)6(12)4-5/h2-4H,14H2,1H3,(H,15,17)(H,16,18). The number of thiazole rings is 1. The van der Waals surface area contributed by atoms with Gasteiger partial charge in [0.25, 0.3) is 5.91 Å². The lowest BCUT2D eigenvalue weighted by Crippen LogP contribution is -2.12. The van der Waals surface area contributed by atoms with Crippen molar-refractivity contribution in [2.24, 2.45) is 0 Å². The molecule has 1 aromatic carbocycles. The molecule has 19 heavy (non-hydrogen) atoms. The van der Waals surface area contributed by atoms with Gasteiger partial charge in [0.05, 0.1) is 5.02 Å². The first-order chi connectivity index (χ1) is 9.01. The Morgan fingerprint density at radius 1 is 1.53 bits per heavy atom. The molecule has 2 rings (SSSR count). The van der Waals surface area contributed by atoms with Gasteiger partial charge in [0.15, 0.2) is 5.13 Å². The average molecular weight is 362 g/mol. The summed E-state index contributed by atoms with van der Waals surface area (Å²) in [7, 11) is 1.72. The number of amides is 1. The zero-order valence-corrected chi connectivity index (χ0v) is 13.0. The number of nitrogens with two attached hydrogens (primary N) is 1. The van der Waals surface area contributed by atoms with Crippen LogP contribution in [-0.2, 0) is 0 Å². The van der Waals surface area contributed by atoms with Gasteiger partial charge >= 0.3 is 0 Å². The van der Waals surface area contributed by atoms with E-state index in [9.17, 15) is 4.79 Å². The van der Waals surface area contributed by atoms with Gasteiger partial charge in [-0.1, -0.05) is 22.9 Å². The third kappa shape index (κ3) is 3.17. The predicted molar refractivity (Wildman–Crippen MR) is 83.2 cm³/mol. The van der Waals surface area contributed by atoms with Gasteiger partial charge in [-0.15, -0.1) is 0 Å². The van der Waals surface area contributed by atoms with E-state index in [-0.39, 0.29) is 11.7 Å². The summed E-state index contributed by atoms with van der Waals surface area (Å²) in [5.41, 5.74) is 6.32. The molecule has 8 heteroatoms. The Kier molecular flexibility index (Phi) is 4.28. The van der Waals surface area contributed by atoms with Gasteiger partial charge in [0, 0.05) is 17.2 Å². The normalized spacial score (nSPS) is 10.3. The van der Waals surface area contributed by atoms with Gasteiger partial charge in [-0.25, -0.2) is 4.98 Å². The summed E-state index contributed by atoms with van der Waals surface area (Å²) in [4.78, 5) is 16.5. The molecule has 4 N–H and O–H groups in total. The van der Waals surface area contributed by atoms with Gasteiger partial charge in [-0.3, -0.25) is 4.79 Å². The smallest absolute Gasteiger partial charge is 0.269 e. The molecule has 0 aliphatic rings. The summed E-state index contributed by atoms with van der Waals surface area (Å²) in [6, 6.07) is 5.12. The third-order valence-electron chi connectivity index (χ3n) is 2.25. The van der Waals surface area contributed by atoms with E-state index < -0.39 is 0 Å². The van der Waals surface area contributed by atoms with E-state index >= 15 is 0 Å². The van der Waals surface area contributed by atoms with Crippen LogP contribution in [-0.4, -0.2) is 17.9 Å². The largest absolute Gasteiger partial charge is 0.382 e. The molecule has 0 fully saturated rings. The fraction of sp³-hybridized carbons (Fsp3) is 0.0909. The Bertz CT molecular complexity index is 631. The highest BCUT2D eigenvalue weighted by Crippen LogP contribution is 2.28. The molecule has 100 valence electrons. The molecule has 1 aromatic heterocycles. The highest BCUT2D eigenvalue weighted by Gasteiger charge is 2.16. The zero-order chi connectivity index (χ0) is 14.0. The summed E-state index contributed by atoms with van der Waals surface area (Å²) in [6.07, 6.45) is 0. The predicted octanol–water partition coefficient (Wildman–Crippen LogP) is 3.44. The molecular formula is C11H10BrClN4OS. The monoisotopic (exact) mass is 360 g/mol. The van der Waals surface area contributed by atoms with E-state index in [4.69, 9.17) is 17.3 Å². The van der Waals surface area contributed by atoms with Gasteiger partial charge in [0.2, 0.25) is 0 Å². The first-order valence-corrected chi connectivity index (χ1v) is 7.20. The number of nitrogens with zero attached hydrogens (tertiary/aromatic N) is 1. The lowest BCUT2D eigenvalue weighted by atomic mass is 10.3. The highest BCUT2D eigenvalue weighted by atomic mass is 79.9. The van der Waals surface area contributed by atoms with Crippen LogP contribution in [0.15, 0.2) is 22.7 Å². The summed E-state index contributed by atoms with van der Waals surface area (Å²) in [5.74, 6) is -0.0920. The molecule has 2 aromatic rings. The molecule has 0 radical (unpaired) electrons. The topological polar surface area (TPSA) is 80.0 Å². The summed E-state index contributed by atoms with van der Waals surface area (Å²) in [6.45, 7) is 0. The number of nitrogen functional groups attached to an aromatic ring is 1. The van der Waals surface area contributed by atoms with Crippen LogP contribution in [0.2, 0.25) is 5.02 Å². The molecule has 0 atom stereocenters. The lowest BCUT2D eigenvalue weighted by molar-refractivity contribution is 0.103. The first-order valence-electron chi connectivity index (χ1n) is 5.21. The number of hydrogen-bond donors (Lipinski definition) is 3. The van der Waals surface area contributed by atoms with Gasteiger partial charge in [-0.2, -0.15) is 0 Å². The molecule has 1 heterocycles. The molecule has 1 amide bonds. The number of carbonyl (C=O) groups is 1. The van der Waals surface area contributed by atoms with E-state index in [1.807, 2.05) is 0 Å². The van der Waals surface area contributed by atoms with Gasteiger partial charge in [-0.05, 0) is 34.1 Å². The van der Waals surface area contributed by atoms with Crippen LogP contribution in [0.4, 0.5) is 16.6 Å². The first kappa shape index (κ1) is 14.1. The molecule has 0 spiro atoms. The van der Waals surface area contributed by atoms with E-state index in [1.165, 1.54) is 11.3 Å². The minimum Gasteiger partial charge on any atom is -0.382 e. The molecular weight excluding hydrogens is 352 g/mol. The molecule has 0 bridgehead atoms. The summed E-state index contributed by atoms with van der Waals surface area (Å²) >= 11 is 10.4. The highest BCUT2D eigenvalue weighted by molar-refractivity contribution is 9.10. The van der Waals surface area contributed by atoms with Crippen LogP contribution in [0.25, 0.3) is 0 Å². The number of hydrogen-bond acceptors (Lipinski definition) is 5. The number of nitrogens with one attached hydrogen (secondary N) is 2. The SMILES string of the molecule is CNc1nc(N)c(C(=O)Nc2ccc(Cl)c(Br)c2)s1. The van der Waals surface area contributed by atoms with Crippen LogP contribution in [0.3, 0.4) is 0 Å². The van der Waals surface area contributed by atoms with Crippen molar-refractivity contribution < 1.29 is 4.79 Å². The Morgan fingerprint density at radius 2 is 2.26 bits per heavy atom. The second-order valence-corrected chi connectivity index (χ2v) is 5.83. The van der Waals surface area contributed by atoms with Crippen molar-refractivity contribution in [3.8, 4) is 0 Å². The molecule has 0 unspecified atom stereocenters. The van der Waals surface area contributed by atoms with E-state index in [0.717, 1.165) is 0 Å². The Morgan fingerprint density at radius 3 is 2.84 bits per heavy atom. The van der Waals surface area contributed by atoms with Crippen molar-refractivity contribution >= 4 is 61.4 Å². The van der Waals surface area contributed by atoms with Crippen LogP contribution < -0.4 is 16.4 Å². The minimum absolute atomic E-state index is 0.208. The molecule has 0 aliphatic heterocycles.